The van der Waals surface area contributed by atoms with Crippen LogP contribution in [0.1, 0.15) is 24.5 Å². The van der Waals surface area contributed by atoms with Crippen LogP contribution in [-0.4, -0.2) is 23.0 Å². The molecule has 0 fully saturated rings. The largest absolute Gasteiger partial charge is 0.299 e. The van der Waals surface area contributed by atoms with Gasteiger partial charge >= 0.3 is 0 Å². The second-order valence-electron chi connectivity index (χ2n) is 7.75. The minimum atomic E-state index is 0.645. The Morgan fingerprint density at radius 1 is 1.00 bits per heavy atom. The van der Waals surface area contributed by atoms with E-state index >= 15 is 0 Å². The van der Waals surface area contributed by atoms with Crippen LogP contribution in [0.15, 0.2) is 54.6 Å². The third-order valence-corrected chi connectivity index (χ3v) is 6.42. The molecule has 1 aliphatic heterocycles. The minimum Gasteiger partial charge on any atom is -0.299 e. The van der Waals surface area contributed by atoms with Crippen molar-refractivity contribution in [2.24, 2.45) is 0 Å². The summed E-state index contributed by atoms with van der Waals surface area (Å²) in [5.41, 5.74) is 5.70. The van der Waals surface area contributed by atoms with E-state index in [9.17, 15) is 0 Å². The summed E-state index contributed by atoms with van der Waals surface area (Å²) in [7, 11) is 0. The highest BCUT2D eigenvalue weighted by molar-refractivity contribution is 6.36. The molecule has 2 nitrogen and oxygen atoms in total. The fourth-order valence-electron chi connectivity index (χ4n) is 4.58. The predicted molar refractivity (Wildman–Crippen MR) is 124 cm³/mol. The van der Waals surface area contributed by atoms with E-state index < -0.39 is 0 Å². The van der Waals surface area contributed by atoms with E-state index in [-0.39, 0.29) is 0 Å². The molecule has 29 heavy (non-hydrogen) atoms. The minimum absolute atomic E-state index is 0.645. The lowest BCUT2D eigenvalue weighted by molar-refractivity contribution is 0.255. The van der Waals surface area contributed by atoms with Crippen molar-refractivity contribution in [3.05, 3.63) is 75.8 Å². The van der Waals surface area contributed by atoms with Crippen LogP contribution in [0.5, 0.6) is 0 Å². The van der Waals surface area contributed by atoms with E-state index in [0.717, 1.165) is 49.2 Å². The first-order valence-corrected chi connectivity index (χ1v) is 10.9. The fourth-order valence-corrected chi connectivity index (χ4v) is 5.08. The van der Waals surface area contributed by atoms with Crippen molar-refractivity contribution in [1.29, 1.82) is 0 Å². The van der Waals surface area contributed by atoms with Crippen LogP contribution in [0.4, 0.5) is 0 Å². The number of aromatic nitrogens is 1. The van der Waals surface area contributed by atoms with Crippen LogP contribution in [0, 0.1) is 0 Å². The Kier molecular flexibility index (Phi) is 4.95. The first-order chi connectivity index (χ1) is 14.2. The summed E-state index contributed by atoms with van der Waals surface area (Å²) >= 11 is 12.8. The average molecular weight is 421 g/mol. The van der Waals surface area contributed by atoms with E-state index in [4.69, 9.17) is 28.2 Å². The maximum absolute atomic E-state index is 6.61. The number of fused-ring (bicyclic) bond motifs is 5. The molecule has 0 saturated heterocycles. The van der Waals surface area contributed by atoms with Gasteiger partial charge in [0.1, 0.15) is 0 Å². The zero-order valence-corrected chi connectivity index (χ0v) is 17.9. The molecule has 5 rings (SSSR count). The fraction of sp³-hybridized carbons (Fsp3) is 0.240. The number of benzene rings is 3. The highest BCUT2D eigenvalue weighted by atomic mass is 35.5. The zero-order chi connectivity index (χ0) is 20.0. The molecule has 1 aliphatic rings. The third-order valence-electron chi connectivity index (χ3n) is 5.88. The molecule has 0 aliphatic carbocycles. The van der Waals surface area contributed by atoms with Crippen molar-refractivity contribution < 1.29 is 0 Å². The zero-order valence-electron chi connectivity index (χ0n) is 16.4. The Balaban J connectivity index is 1.83. The molecule has 2 heterocycles. The van der Waals surface area contributed by atoms with Crippen molar-refractivity contribution in [2.45, 2.75) is 26.3 Å². The Morgan fingerprint density at radius 3 is 2.69 bits per heavy atom. The van der Waals surface area contributed by atoms with Gasteiger partial charge in [-0.3, -0.25) is 4.90 Å². The van der Waals surface area contributed by atoms with Gasteiger partial charge in [0, 0.05) is 29.1 Å². The lowest BCUT2D eigenvalue weighted by Gasteiger charge is -2.31. The summed E-state index contributed by atoms with van der Waals surface area (Å²) in [5.74, 6) is 0. The Morgan fingerprint density at radius 2 is 1.86 bits per heavy atom. The van der Waals surface area contributed by atoms with Crippen LogP contribution in [0.25, 0.3) is 32.9 Å². The van der Waals surface area contributed by atoms with E-state index in [1.54, 1.807) is 0 Å². The van der Waals surface area contributed by atoms with Gasteiger partial charge in [0.25, 0.3) is 0 Å². The van der Waals surface area contributed by atoms with Crippen molar-refractivity contribution in [3.8, 4) is 11.3 Å². The molecule has 0 bridgehead atoms. The molecule has 0 atom stereocenters. The SMILES string of the molecule is CCCN1CCc2c(c(-c3ccc(Cl)cc3Cl)nc3ccc4ccccc4c23)C1. The van der Waals surface area contributed by atoms with Gasteiger partial charge in [-0.05, 0) is 65.6 Å². The van der Waals surface area contributed by atoms with E-state index in [1.807, 2.05) is 18.2 Å². The van der Waals surface area contributed by atoms with Crippen LogP contribution in [-0.2, 0) is 13.0 Å². The monoisotopic (exact) mass is 420 g/mol. The molecule has 146 valence electrons. The molecule has 0 radical (unpaired) electrons. The van der Waals surface area contributed by atoms with E-state index in [1.165, 1.54) is 27.3 Å². The Hall–Kier alpha value is -2.13. The Labute approximate surface area is 181 Å². The second kappa shape index (κ2) is 7.60. The molecule has 1 aromatic heterocycles. The summed E-state index contributed by atoms with van der Waals surface area (Å²) in [4.78, 5) is 7.66. The first-order valence-electron chi connectivity index (χ1n) is 10.2. The van der Waals surface area contributed by atoms with Crippen LogP contribution in [0.2, 0.25) is 10.0 Å². The highest BCUT2D eigenvalue weighted by Crippen LogP contribution is 2.39. The second-order valence-corrected chi connectivity index (χ2v) is 8.59. The molecule has 0 unspecified atom stereocenters. The predicted octanol–water partition coefficient (Wildman–Crippen LogP) is 7.13. The standard InChI is InChI=1S/C25H22Cl2N2/c1-2-12-29-13-11-19-21(15-29)25(20-9-8-17(26)14-22(20)27)28-23-10-7-16-5-3-4-6-18(16)24(19)23/h3-10,14H,2,11-13,15H2,1H3. The molecule has 0 N–H and O–H groups in total. The first kappa shape index (κ1) is 18.9. The van der Waals surface area contributed by atoms with Gasteiger partial charge in [-0.2, -0.15) is 0 Å². The number of rotatable bonds is 3. The average Bonchev–Trinajstić information content (AvgIpc) is 2.73. The molecular weight excluding hydrogens is 399 g/mol. The topological polar surface area (TPSA) is 16.1 Å². The summed E-state index contributed by atoms with van der Waals surface area (Å²) in [6.45, 7) is 5.32. The summed E-state index contributed by atoms with van der Waals surface area (Å²) in [6.07, 6.45) is 2.18. The smallest absolute Gasteiger partial charge is 0.0772 e. The van der Waals surface area contributed by atoms with E-state index in [2.05, 4.69) is 48.2 Å². The number of halogens is 2. The van der Waals surface area contributed by atoms with Crippen molar-refractivity contribution in [2.75, 3.05) is 13.1 Å². The summed E-state index contributed by atoms with van der Waals surface area (Å²) in [5, 5.41) is 5.14. The number of nitrogens with zero attached hydrogens (tertiary/aromatic N) is 2. The van der Waals surface area contributed by atoms with Crippen LogP contribution < -0.4 is 0 Å². The number of pyridine rings is 1. The molecule has 4 heteroatoms. The lowest BCUT2D eigenvalue weighted by atomic mass is 9.89. The molecular formula is C25H22Cl2N2. The lowest BCUT2D eigenvalue weighted by Crippen LogP contribution is -2.32. The third kappa shape index (κ3) is 3.30. The molecule has 0 spiro atoms. The molecule has 3 aromatic carbocycles. The molecule has 4 aromatic rings. The van der Waals surface area contributed by atoms with Gasteiger partial charge < -0.3 is 0 Å². The van der Waals surface area contributed by atoms with Gasteiger partial charge in [-0.1, -0.05) is 60.5 Å². The van der Waals surface area contributed by atoms with Gasteiger partial charge in [0.2, 0.25) is 0 Å². The molecule has 0 amide bonds. The quantitative estimate of drug-likeness (QED) is 0.327. The number of hydrogen-bond acceptors (Lipinski definition) is 2. The summed E-state index contributed by atoms with van der Waals surface area (Å²) in [6, 6.07) is 18.6. The van der Waals surface area contributed by atoms with Crippen LogP contribution in [0.3, 0.4) is 0 Å². The van der Waals surface area contributed by atoms with Crippen molar-refractivity contribution >= 4 is 44.9 Å². The maximum atomic E-state index is 6.61. The number of hydrogen-bond donors (Lipinski definition) is 0. The van der Waals surface area contributed by atoms with Crippen molar-refractivity contribution in [1.82, 2.24) is 9.88 Å². The van der Waals surface area contributed by atoms with E-state index in [0.29, 0.717) is 10.0 Å². The van der Waals surface area contributed by atoms with Gasteiger partial charge in [0.05, 0.1) is 16.2 Å². The van der Waals surface area contributed by atoms with Gasteiger partial charge in [0.15, 0.2) is 0 Å². The maximum Gasteiger partial charge on any atom is 0.0772 e. The van der Waals surface area contributed by atoms with Crippen LogP contribution >= 0.6 is 23.2 Å². The highest BCUT2D eigenvalue weighted by Gasteiger charge is 2.25. The van der Waals surface area contributed by atoms with Gasteiger partial charge in [-0.15, -0.1) is 0 Å². The summed E-state index contributed by atoms with van der Waals surface area (Å²) < 4.78 is 0. The van der Waals surface area contributed by atoms with Crippen molar-refractivity contribution in [3.63, 3.8) is 0 Å². The normalized spacial score (nSPS) is 14.4. The molecule has 0 saturated carbocycles. The van der Waals surface area contributed by atoms with Gasteiger partial charge in [-0.25, -0.2) is 4.98 Å². The Bertz CT molecular complexity index is 1230.